The Morgan fingerprint density at radius 1 is 1.00 bits per heavy atom. The van der Waals surface area contributed by atoms with Gasteiger partial charge in [-0.1, -0.05) is 54.1 Å². The lowest BCUT2D eigenvalue weighted by molar-refractivity contribution is -0.134. The highest BCUT2D eigenvalue weighted by atomic mass is 35.5. The van der Waals surface area contributed by atoms with Gasteiger partial charge in [0.15, 0.2) is 5.76 Å². The van der Waals surface area contributed by atoms with Crippen molar-refractivity contribution >= 4 is 23.4 Å². The Kier molecular flexibility index (Phi) is 8.74. The fraction of sp³-hybridized carbons (Fsp3) is 0.273. The van der Waals surface area contributed by atoms with Crippen LogP contribution in [0.1, 0.15) is 35.4 Å². The number of likely N-dealkylation sites (tertiary alicyclic amines) is 1. The Morgan fingerprint density at radius 2 is 1.73 bits per heavy atom. The molecular formula is C33H32ClFN2O4. The Morgan fingerprint density at radius 3 is 2.49 bits per heavy atom. The summed E-state index contributed by atoms with van der Waals surface area (Å²) in [5.74, 6) is 0.317. The molecule has 1 saturated heterocycles. The molecule has 0 bridgehead atoms. The summed E-state index contributed by atoms with van der Waals surface area (Å²) in [5, 5.41) is 0.604. The Hall–Kier alpha value is -4.10. The number of nitrogens with zero attached hydrogens (tertiary/aromatic N) is 2. The van der Waals surface area contributed by atoms with Crippen molar-refractivity contribution in [2.45, 2.75) is 25.8 Å². The van der Waals surface area contributed by atoms with Gasteiger partial charge in [0.2, 0.25) is 5.91 Å². The molecule has 5 rings (SSSR count). The molecule has 0 radical (unpaired) electrons. The predicted octanol–water partition coefficient (Wildman–Crippen LogP) is 7.09. The standard InChI is InChI=1S/C33H32ClFN2O4/c1-36(21-24-8-3-2-4-9-24)31(38)20-33(23-40-26-14-12-25(34)13-15-26)18-7-19-37(22-33)32(39)30-17-16-29(41-30)27-10-5-6-11-28(27)35/h2-6,8-17H,7,18-23H2,1H3/t33-/m1/s1. The van der Waals surface area contributed by atoms with Crippen LogP contribution in [0.3, 0.4) is 0 Å². The van der Waals surface area contributed by atoms with Crippen molar-refractivity contribution < 1.29 is 23.1 Å². The van der Waals surface area contributed by atoms with Gasteiger partial charge in [-0.05, 0) is 66.9 Å². The molecule has 0 N–H and O–H groups in total. The molecule has 3 aromatic carbocycles. The number of furan rings is 1. The predicted molar refractivity (Wildman–Crippen MR) is 156 cm³/mol. The highest BCUT2D eigenvalue weighted by Gasteiger charge is 2.41. The van der Waals surface area contributed by atoms with Crippen LogP contribution >= 0.6 is 11.6 Å². The molecular weight excluding hydrogens is 543 g/mol. The molecule has 0 saturated carbocycles. The molecule has 41 heavy (non-hydrogen) atoms. The van der Waals surface area contributed by atoms with Crippen LogP contribution in [0.15, 0.2) is 95.4 Å². The van der Waals surface area contributed by atoms with Crippen molar-refractivity contribution in [3.63, 3.8) is 0 Å². The summed E-state index contributed by atoms with van der Waals surface area (Å²) in [6.07, 6.45) is 1.63. The number of amides is 2. The number of halogens is 2. The van der Waals surface area contributed by atoms with Crippen molar-refractivity contribution in [2.24, 2.45) is 5.41 Å². The first-order valence-electron chi connectivity index (χ1n) is 13.6. The summed E-state index contributed by atoms with van der Waals surface area (Å²) >= 11 is 6.04. The Labute approximate surface area is 244 Å². The Bertz CT molecular complexity index is 1490. The van der Waals surface area contributed by atoms with Crippen LogP contribution in [-0.2, 0) is 11.3 Å². The van der Waals surface area contributed by atoms with Gasteiger partial charge in [0.1, 0.15) is 17.3 Å². The second-order valence-corrected chi connectivity index (χ2v) is 11.1. The molecule has 1 fully saturated rings. The summed E-state index contributed by atoms with van der Waals surface area (Å²) in [7, 11) is 1.79. The summed E-state index contributed by atoms with van der Waals surface area (Å²) in [4.78, 5) is 30.5. The first-order valence-corrected chi connectivity index (χ1v) is 14.0. The van der Waals surface area contributed by atoms with E-state index < -0.39 is 11.2 Å². The van der Waals surface area contributed by atoms with E-state index in [2.05, 4.69) is 0 Å². The zero-order valence-corrected chi connectivity index (χ0v) is 23.6. The average molecular weight is 575 g/mol. The zero-order chi connectivity index (χ0) is 28.8. The van der Waals surface area contributed by atoms with Gasteiger partial charge in [0, 0.05) is 43.5 Å². The maximum absolute atomic E-state index is 14.3. The molecule has 6 nitrogen and oxygen atoms in total. The van der Waals surface area contributed by atoms with Crippen LogP contribution in [0.25, 0.3) is 11.3 Å². The van der Waals surface area contributed by atoms with E-state index in [1.54, 1.807) is 71.4 Å². The zero-order valence-electron chi connectivity index (χ0n) is 22.9. The smallest absolute Gasteiger partial charge is 0.289 e. The highest BCUT2D eigenvalue weighted by Crippen LogP contribution is 2.36. The highest BCUT2D eigenvalue weighted by molar-refractivity contribution is 6.30. The molecule has 1 aliphatic heterocycles. The molecule has 0 aliphatic carbocycles. The second-order valence-electron chi connectivity index (χ2n) is 10.6. The second kappa shape index (κ2) is 12.6. The number of carbonyl (C=O) groups is 2. The van der Waals surface area contributed by atoms with E-state index in [1.807, 2.05) is 30.3 Å². The first kappa shape index (κ1) is 28.4. The van der Waals surface area contributed by atoms with Crippen molar-refractivity contribution in [1.29, 1.82) is 0 Å². The van der Waals surface area contributed by atoms with Crippen molar-refractivity contribution in [2.75, 3.05) is 26.7 Å². The number of piperidine rings is 1. The summed E-state index contributed by atoms with van der Waals surface area (Å²) < 4.78 is 26.3. The van der Waals surface area contributed by atoms with Crippen LogP contribution in [0.4, 0.5) is 4.39 Å². The van der Waals surface area contributed by atoms with Gasteiger partial charge < -0.3 is 19.0 Å². The minimum absolute atomic E-state index is 0.0253. The van der Waals surface area contributed by atoms with Crippen LogP contribution in [0, 0.1) is 11.2 Å². The summed E-state index contributed by atoms with van der Waals surface area (Å²) in [6.45, 7) is 1.58. The first-order chi connectivity index (χ1) is 19.8. The van der Waals surface area contributed by atoms with E-state index in [0.717, 1.165) is 5.56 Å². The number of benzene rings is 3. The van der Waals surface area contributed by atoms with Crippen LogP contribution < -0.4 is 4.74 Å². The summed E-state index contributed by atoms with van der Waals surface area (Å²) in [5.41, 5.74) is 0.720. The normalized spacial score (nSPS) is 16.8. The van der Waals surface area contributed by atoms with E-state index in [-0.39, 0.29) is 30.6 Å². The maximum Gasteiger partial charge on any atom is 0.289 e. The van der Waals surface area contributed by atoms with E-state index in [1.165, 1.54) is 6.07 Å². The molecule has 8 heteroatoms. The number of rotatable bonds is 9. The van der Waals surface area contributed by atoms with Gasteiger partial charge in [-0.3, -0.25) is 9.59 Å². The fourth-order valence-electron chi connectivity index (χ4n) is 5.28. The number of carbonyl (C=O) groups excluding carboxylic acids is 2. The van der Waals surface area contributed by atoms with Crippen molar-refractivity contribution in [3.05, 3.63) is 113 Å². The largest absolute Gasteiger partial charge is 0.493 e. The fourth-order valence-corrected chi connectivity index (χ4v) is 5.40. The molecule has 1 aliphatic rings. The van der Waals surface area contributed by atoms with Gasteiger partial charge in [-0.15, -0.1) is 0 Å². The van der Waals surface area contributed by atoms with Gasteiger partial charge in [0.25, 0.3) is 5.91 Å². The van der Waals surface area contributed by atoms with E-state index >= 15 is 0 Å². The van der Waals surface area contributed by atoms with E-state index in [4.69, 9.17) is 20.8 Å². The molecule has 1 aromatic heterocycles. The maximum atomic E-state index is 14.3. The van der Waals surface area contributed by atoms with E-state index in [9.17, 15) is 14.0 Å². The average Bonchev–Trinajstić information content (AvgIpc) is 3.47. The molecule has 212 valence electrons. The third-order valence-electron chi connectivity index (χ3n) is 7.48. The third kappa shape index (κ3) is 6.98. The van der Waals surface area contributed by atoms with Crippen LogP contribution in [-0.4, -0.2) is 48.4 Å². The lowest BCUT2D eigenvalue weighted by Gasteiger charge is -2.42. The number of hydrogen-bond acceptors (Lipinski definition) is 4. The molecule has 1 atom stereocenters. The summed E-state index contributed by atoms with van der Waals surface area (Å²) in [6, 6.07) is 26.4. The third-order valence-corrected chi connectivity index (χ3v) is 7.73. The van der Waals surface area contributed by atoms with Crippen molar-refractivity contribution in [1.82, 2.24) is 9.80 Å². The minimum atomic E-state index is -0.615. The van der Waals surface area contributed by atoms with Gasteiger partial charge in [-0.25, -0.2) is 4.39 Å². The van der Waals surface area contributed by atoms with Gasteiger partial charge in [0.05, 0.1) is 12.2 Å². The molecule has 2 amide bonds. The molecule has 2 heterocycles. The SMILES string of the molecule is CN(Cc1ccccc1)C(=O)C[C@]1(COc2ccc(Cl)cc2)CCCN(C(=O)c2ccc(-c3ccccc3F)o2)C1. The van der Waals surface area contributed by atoms with E-state index in [0.29, 0.717) is 54.6 Å². The Balaban J connectivity index is 1.34. The van der Waals surface area contributed by atoms with Crippen LogP contribution in [0.2, 0.25) is 5.02 Å². The number of hydrogen-bond donors (Lipinski definition) is 0. The van der Waals surface area contributed by atoms with Gasteiger partial charge >= 0.3 is 0 Å². The topological polar surface area (TPSA) is 63.0 Å². The van der Waals surface area contributed by atoms with Crippen molar-refractivity contribution in [3.8, 4) is 17.1 Å². The molecule has 4 aromatic rings. The minimum Gasteiger partial charge on any atom is -0.493 e. The molecule has 0 unspecified atom stereocenters. The monoisotopic (exact) mass is 574 g/mol. The lowest BCUT2D eigenvalue weighted by atomic mass is 9.77. The lowest BCUT2D eigenvalue weighted by Crippen LogP contribution is -2.50. The number of ether oxygens (including phenoxy) is 1. The molecule has 0 spiro atoms. The van der Waals surface area contributed by atoms with Gasteiger partial charge in [-0.2, -0.15) is 0 Å². The quantitative estimate of drug-likeness (QED) is 0.214. The van der Waals surface area contributed by atoms with Crippen LogP contribution in [0.5, 0.6) is 5.75 Å².